The van der Waals surface area contributed by atoms with Crippen LogP contribution >= 0.6 is 11.6 Å². The average molecular weight is 365 g/mol. The molecule has 1 N–H and O–H groups in total. The van der Waals surface area contributed by atoms with Crippen molar-refractivity contribution in [3.05, 3.63) is 58.4 Å². The number of nitrogens with one attached hydrogen (secondary N) is 1. The van der Waals surface area contributed by atoms with E-state index >= 15 is 0 Å². The second kappa shape index (κ2) is 7.19. The maximum absolute atomic E-state index is 13.9. The Bertz CT molecular complexity index is 780. The van der Waals surface area contributed by atoms with Crippen molar-refractivity contribution in [2.75, 3.05) is 13.8 Å². The van der Waals surface area contributed by atoms with Crippen molar-refractivity contribution >= 4 is 17.6 Å². The summed E-state index contributed by atoms with van der Waals surface area (Å²) in [5.41, 5.74) is 1.17. The average Bonchev–Trinajstić information content (AvgIpc) is 3.05. The number of ether oxygens (including phenoxy) is 2. The van der Waals surface area contributed by atoms with Gasteiger partial charge in [-0.1, -0.05) is 23.7 Å². The van der Waals surface area contributed by atoms with Gasteiger partial charge in [-0.15, -0.1) is 0 Å². The smallest absolute Gasteiger partial charge is 0.317 e. The SMILES string of the molecule is CC(NC(=O)N(C)Cc1c(F)cccc1Cl)c1ccc2c(c1)OCO2. The largest absolute Gasteiger partial charge is 0.454 e. The molecule has 2 aromatic carbocycles. The molecule has 132 valence electrons. The summed E-state index contributed by atoms with van der Waals surface area (Å²) >= 11 is 6.01. The Kier molecular flexibility index (Phi) is 4.99. The molecule has 0 saturated heterocycles. The number of nitrogens with zero attached hydrogens (tertiary/aromatic N) is 1. The maximum atomic E-state index is 13.9. The van der Waals surface area contributed by atoms with Gasteiger partial charge in [0.25, 0.3) is 0 Å². The van der Waals surface area contributed by atoms with E-state index in [1.807, 2.05) is 25.1 Å². The van der Waals surface area contributed by atoms with Crippen molar-refractivity contribution in [1.29, 1.82) is 0 Å². The summed E-state index contributed by atoms with van der Waals surface area (Å²) in [4.78, 5) is 13.8. The molecule has 2 amide bonds. The molecule has 1 heterocycles. The number of amides is 2. The van der Waals surface area contributed by atoms with Crippen LogP contribution in [-0.4, -0.2) is 24.8 Å². The quantitative estimate of drug-likeness (QED) is 0.888. The fraction of sp³-hybridized carbons (Fsp3) is 0.278. The molecule has 7 heteroatoms. The normalized spacial score (nSPS) is 13.4. The fourth-order valence-electron chi connectivity index (χ4n) is 2.55. The molecule has 0 fully saturated rings. The lowest BCUT2D eigenvalue weighted by Crippen LogP contribution is -2.38. The number of hydrogen-bond donors (Lipinski definition) is 1. The molecule has 0 aromatic heterocycles. The highest BCUT2D eigenvalue weighted by Gasteiger charge is 2.19. The number of fused-ring (bicyclic) bond motifs is 1. The van der Waals surface area contributed by atoms with Crippen molar-refractivity contribution in [2.24, 2.45) is 0 Å². The molecule has 2 aromatic rings. The summed E-state index contributed by atoms with van der Waals surface area (Å²) in [5, 5.41) is 3.17. The number of rotatable bonds is 4. The van der Waals surface area contributed by atoms with E-state index in [4.69, 9.17) is 21.1 Å². The first-order valence-electron chi connectivity index (χ1n) is 7.80. The summed E-state index contributed by atoms with van der Waals surface area (Å²) in [5.74, 6) is 0.912. The third kappa shape index (κ3) is 3.79. The molecule has 5 nitrogen and oxygen atoms in total. The van der Waals surface area contributed by atoms with Gasteiger partial charge in [0, 0.05) is 17.6 Å². The Morgan fingerprint density at radius 1 is 1.32 bits per heavy atom. The van der Waals surface area contributed by atoms with Gasteiger partial charge >= 0.3 is 6.03 Å². The lowest BCUT2D eigenvalue weighted by atomic mass is 10.1. The summed E-state index contributed by atoms with van der Waals surface area (Å²) < 4.78 is 24.5. The highest BCUT2D eigenvalue weighted by Crippen LogP contribution is 2.34. The van der Waals surface area contributed by atoms with E-state index < -0.39 is 5.82 Å². The summed E-state index contributed by atoms with van der Waals surface area (Å²) in [7, 11) is 1.59. The topological polar surface area (TPSA) is 50.8 Å². The van der Waals surface area contributed by atoms with Crippen LogP contribution in [0.5, 0.6) is 11.5 Å². The number of carbonyl (C=O) groups is 1. The van der Waals surface area contributed by atoms with Crippen LogP contribution in [0.4, 0.5) is 9.18 Å². The van der Waals surface area contributed by atoms with E-state index in [1.54, 1.807) is 13.1 Å². The van der Waals surface area contributed by atoms with Crippen LogP contribution < -0.4 is 14.8 Å². The number of hydrogen-bond acceptors (Lipinski definition) is 3. The number of carbonyl (C=O) groups excluding carboxylic acids is 1. The zero-order chi connectivity index (χ0) is 18.0. The number of halogens is 2. The molecule has 3 rings (SSSR count). The molecule has 1 atom stereocenters. The van der Waals surface area contributed by atoms with Gasteiger partial charge in [-0.25, -0.2) is 9.18 Å². The molecule has 0 aliphatic carbocycles. The Labute approximate surface area is 150 Å². The zero-order valence-corrected chi connectivity index (χ0v) is 14.6. The molecule has 1 unspecified atom stereocenters. The predicted molar refractivity (Wildman–Crippen MR) is 92.4 cm³/mol. The molecule has 1 aliphatic heterocycles. The summed E-state index contributed by atoms with van der Waals surface area (Å²) in [6.07, 6.45) is 0. The van der Waals surface area contributed by atoms with Crippen molar-refractivity contribution in [3.63, 3.8) is 0 Å². The minimum atomic E-state index is -0.434. The van der Waals surface area contributed by atoms with Crippen LogP contribution in [0.3, 0.4) is 0 Å². The maximum Gasteiger partial charge on any atom is 0.317 e. The fourth-order valence-corrected chi connectivity index (χ4v) is 2.78. The van der Waals surface area contributed by atoms with E-state index in [-0.39, 0.29) is 31.0 Å². The molecular weight excluding hydrogens is 347 g/mol. The van der Waals surface area contributed by atoms with Crippen molar-refractivity contribution < 1.29 is 18.7 Å². The molecular formula is C18H18ClFN2O3. The van der Waals surface area contributed by atoms with Crippen LogP contribution in [0.15, 0.2) is 36.4 Å². The first-order valence-corrected chi connectivity index (χ1v) is 8.17. The molecule has 0 spiro atoms. The summed E-state index contributed by atoms with van der Waals surface area (Å²) in [6, 6.07) is 9.38. The van der Waals surface area contributed by atoms with E-state index in [0.29, 0.717) is 16.5 Å². The van der Waals surface area contributed by atoms with Crippen LogP contribution in [0.2, 0.25) is 5.02 Å². The Balaban J connectivity index is 1.65. The minimum absolute atomic E-state index is 0.0746. The van der Waals surface area contributed by atoms with Gasteiger partial charge in [-0.2, -0.15) is 0 Å². The van der Waals surface area contributed by atoms with Crippen LogP contribution in [0.1, 0.15) is 24.1 Å². The lowest BCUT2D eigenvalue weighted by molar-refractivity contribution is 0.174. The van der Waals surface area contributed by atoms with E-state index in [9.17, 15) is 9.18 Å². The minimum Gasteiger partial charge on any atom is -0.454 e. The monoisotopic (exact) mass is 364 g/mol. The van der Waals surface area contributed by atoms with Crippen LogP contribution in [0.25, 0.3) is 0 Å². The van der Waals surface area contributed by atoms with Crippen molar-refractivity contribution in [3.8, 4) is 11.5 Å². The van der Waals surface area contributed by atoms with E-state index in [1.165, 1.54) is 17.0 Å². The van der Waals surface area contributed by atoms with Crippen LogP contribution in [0, 0.1) is 5.82 Å². The highest BCUT2D eigenvalue weighted by atomic mass is 35.5. The van der Waals surface area contributed by atoms with Gasteiger partial charge < -0.3 is 19.7 Å². The molecule has 0 saturated carbocycles. The third-order valence-electron chi connectivity index (χ3n) is 4.04. The Hall–Kier alpha value is -2.47. The first kappa shape index (κ1) is 17.4. The Morgan fingerprint density at radius 2 is 2.08 bits per heavy atom. The molecule has 0 bridgehead atoms. The zero-order valence-electron chi connectivity index (χ0n) is 13.9. The molecule has 1 aliphatic rings. The second-order valence-electron chi connectivity index (χ2n) is 5.84. The standard InChI is InChI=1S/C18H18ClFN2O3/c1-11(12-6-7-16-17(8-12)25-10-24-16)21-18(23)22(2)9-13-14(19)4-3-5-15(13)20/h3-8,11H,9-10H2,1-2H3,(H,21,23). The van der Waals surface area contributed by atoms with Gasteiger partial charge in [-0.3, -0.25) is 0 Å². The van der Waals surface area contributed by atoms with E-state index in [2.05, 4.69) is 5.32 Å². The highest BCUT2D eigenvalue weighted by molar-refractivity contribution is 6.31. The van der Waals surface area contributed by atoms with Crippen molar-refractivity contribution in [1.82, 2.24) is 10.2 Å². The summed E-state index contributed by atoms with van der Waals surface area (Å²) in [6.45, 7) is 2.14. The predicted octanol–water partition coefficient (Wildman–Crippen LogP) is 4.11. The Morgan fingerprint density at radius 3 is 2.84 bits per heavy atom. The van der Waals surface area contributed by atoms with Gasteiger partial charge in [0.2, 0.25) is 6.79 Å². The second-order valence-corrected chi connectivity index (χ2v) is 6.25. The number of benzene rings is 2. The van der Waals surface area contributed by atoms with Gasteiger partial charge in [0.15, 0.2) is 11.5 Å². The van der Waals surface area contributed by atoms with Gasteiger partial charge in [0.1, 0.15) is 5.82 Å². The van der Waals surface area contributed by atoms with Crippen molar-refractivity contribution in [2.45, 2.75) is 19.5 Å². The number of urea groups is 1. The van der Waals surface area contributed by atoms with E-state index in [0.717, 1.165) is 5.56 Å². The van der Waals surface area contributed by atoms with Gasteiger partial charge in [-0.05, 0) is 36.8 Å². The molecule has 25 heavy (non-hydrogen) atoms. The molecule has 0 radical (unpaired) electrons. The van der Waals surface area contributed by atoms with Crippen LogP contribution in [-0.2, 0) is 6.54 Å². The first-order chi connectivity index (χ1) is 12.0. The van der Waals surface area contributed by atoms with Gasteiger partial charge in [0.05, 0.1) is 12.6 Å². The third-order valence-corrected chi connectivity index (χ3v) is 4.39. The lowest BCUT2D eigenvalue weighted by Gasteiger charge is -2.22.